The van der Waals surface area contributed by atoms with Crippen LogP contribution in [-0.2, 0) is 4.74 Å². The molecule has 10 nitrogen and oxygen atoms in total. The summed E-state index contributed by atoms with van der Waals surface area (Å²) in [4.78, 5) is 49.0. The molecule has 0 spiro atoms. The van der Waals surface area contributed by atoms with E-state index < -0.39 is 41.1 Å². The number of benzene rings is 3. The van der Waals surface area contributed by atoms with Gasteiger partial charge in [0.1, 0.15) is 11.2 Å². The first-order valence-electron chi connectivity index (χ1n) is 12.4. The second-order valence-corrected chi connectivity index (χ2v) is 10.4. The smallest absolute Gasteiger partial charge is 0.412 e. The molecule has 3 aromatic carbocycles. The van der Waals surface area contributed by atoms with Crippen molar-refractivity contribution in [3.8, 4) is 0 Å². The van der Waals surface area contributed by atoms with Crippen LogP contribution in [-0.4, -0.2) is 50.3 Å². The molecule has 0 fully saturated rings. The Morgan fingerprint density at radius 1 is 0.725 bits per heavy atom. The van der Waals surface area contributed by atoms with Gasteiger partial charge in [-0.25, -0.2) is 9.59 Å². The number of nitrogens with one attached hydrogen (secondary N) is 2. The van der Waals surface area contributed by atoms with Gasteiger partial charge in [0.2, 0.25) is 0 Å². The lowest BCUT2D eigenvalue weighted by Crippen LogP contribution is -2.31. The van der Waals surface area contributed by atoms with Gasteiger partial charge in [0.15, 0.2) is 17.7 Å². The number of amides is 2. The number of ketones is 2. The molecule has 0 aliphatic rings. The molecule has 0 aliphatic heterocycles. The fourth-order valence-corrected chi connectivity index (χ4v) is 3.86. The van der Waals surface area contributed by atoms with Crippen molar-refractivity contribution in [1.29, 1.82) is 0 Å². The maximum Gasteiger partial charge on any atom is 0.412 e. The lowest BCUT2D eigenvalue weighted by molar-refractivity contribution is 0.0487. The highest BCUT2D eigenvalue weighted by molar-refractivity contribution is 6.02. The van der Waals surface area contributed by atoms with Gasteiger partial charge < -0.3 is 20.1 Å². The van der Waals surface area contributed by atoms with Crippen LogP contribution in [0.2, 0.25) is 0 Å². The standard InChI is InChI=1S/C30H32N2O8/c1-17-6-15-22(31-27(35)36)16-23(17)32-28(37)40-24(18-7-11-20(12-8-18)25(33)29(2,3)38)19-9-13-21(14-10-19)26(34)30(4,5)39/h6-16,24,31,38-39H,1-5H3,(H,32,37)(H,35,36). The SMILES string of the molecule is Cc1ccc(NC(=O)O)cc1NC(=O)OC(c1ccc(C(=O)C(C)(C)O)cc1)c1ccc(C(=O)C(C)(C)O)cc1. The van der Waals surface area contributed by atoms with Gasteiger partial charge in [-0.05, 0) is 63.4 Å². The Labute approximate surface area is 231 Å². The zero-order valence-corrected chi connectivity index (χ0v) is 22.8. The summed E-state index contributed by atoms with van der Waals surface area (Å²) in [6, 6.07) is 17.1. The van der Waals surface area contributed by atoms with Crippen molar-refractivity contribution >= 4 is 35.1 Å². The number of anilines is 2. The molecule has 40 heavy (non-hydrogen) atoms. The van der Waals surface area contributed by atoms with Crippen LogP contribution in [0, 0.1) is 6.92 Å². The second kappa shape index (κ2) is 11.7. The zero-order valence-electron chi connectivity index (χ0n) is 22.8. The predicted molar refractivity (Wildman–Crippen MR) is 149 cm³/mol. The number of hydrogen-bond acceptors (Lipinski definition) is 7. The molecule has 0 saturated carbocycles. The molecular weight excluding hydrogens is 516 g/mol. The van der Waals surface area contributed by atoms with E-state index in [0.29, 0.717) is 22.4 Å². The quantitative estimate of drug-likeness (QED) is 0.224. The molecule has 0 aromatic heterocycles. The van der Waals surface area contributed by atoms with Crippen LogP contribution in [0.5, 0.6) is 0 Å². The van der Waals surface area contributed by atoms with Crippen LogP contribution in [0.15, 0.2) is 66.7 Å². The van der Waals surface area contributed by atoms with E-state index in [-0.39, 0.29) is 16.8 Å². The van der Waals surface area contributed by atoms with Crippen molar-refractivity contribution in [3.05, 3.63) is 94.5 Å². The summed E-state index contributed by atoms with van der Waals surface area (Å²) in [6.45, 7) is 7.28. The van der Waals surface area contributed by atoms with Crippen molar-refractivity contribution < 1.29 is 39.2 Å². The third-order valence-corrected chi connectivity index (χ3v) is 6.01. The summed E-state index contributed by atoms with van der Waals surface area (Å²) in [5, 5.41) is 34.0. The molecule has 3 aromatic rings. The predicted octanol–water partition coefficient (Wildman–Crippen LogP) is 5.33. The summed E-state index contributed by atoms with van der Waals surface area (Å²) in [7, 11) is 0. The molecule has 0 saturated heterocycles. The second-order valence-electron chi connectivity index (χ2n) is 10.4. The number of aryl methyl sites for hydroxylation is 1. The molecule has 3 rings (SSSR count). The van der Waals surface area contributed by atoms with Gasteiger partial charge in [0.05, 0.1) is 0 Å². The molecule has 5 N–H and O–H groups in total. The minimum absolute atomic E-state index is 0.254. The Balaban J connectivity index is 1.94. The summed E-state index contributed by atoms with van der Waals surface area (Å²) >= 11 is 0. The minimum atomic E-state index is -1.57. The van der Waals surface area contributed by atoms with Gasteiger partial charge in [-0.1, -0.05) is 54.6 Å². The third-order valence-electron chi connectivity index (χ3n) is 6.01. The number of rotatable bonds is 9. The molecule has 0 radical (unpaired) electrons. The lowest BCUT2D eigenvalue weighted by atomic mass is 9.92. The Hall–Kier alpha value is -4.54. The molecular formula is C30H32N2O8. The largest absolute Gasteiger partial charge is 0.465 e. The molecule has 0 unspecified atom stereocenters. The normalized spacial score (nSPS) is 11.6. The summed E-state index contributed by atoms with van der Waals surface area (Å²) < 4.78 is 5.78. The van der Waals surface area contributed by atoms with Crippen molar-refractivity contribution in [1.82, 2.24) is 0 Å². The molecule has 0 atom stereocenters. The highest BCUT2D eigenvalue weighted by Crippen LogP contribution is 2.29. The van der Waals surface area contributed by atoms with E-state index in [9.17, 15) is 29.4 Å². The summed E-state index contributed by atoms with van der Waals surface area (Å²) in [5.41, 5.74) is -0.356. The van der Waals surface area contributed by atoms with Crippen LogP contribution < -0.4 is 10.6 Å². The fourth-order valence-electron chi connectivity index (χ4n) is 3.86. The van der Waals surface area contributed by atoms with Gasteiger partial charge in [0.25, 0.3) is 0 Å². The van der Waals surface area contributed by atoms with Gasteiger partial charge in [-0.15, -0.1) is 0 Å². The molecule has 10 heteroatoms. The van der Waals surface area contributed by atoms with E-state index in [4.69, 9.17) is 9.84 Å². The molecule has 0 bridgehead atoms. The van der Waals surface area contributed by atoms with Gasteiger partial charge in [0, 0.05) is 22.5 Å². The number of aliphatic hydroxyl groups is 2. The van der Waals surface area contributed by atoms with Crippen LogP contribution in [0.3, 0.4) is 0 Å². The first kappa shape index (κ1) is 30.0. The molecule has 2 amide bonds. The van der Waals surface area contributed by atoms with E-state index in [2.05, 4.69) is 10.6 Å². The third kappa shape index (κ3) is 7.52. The zero-order chi connectivity index (χ0) is 29.8. The lowest BCUT2D eigenvalue weighted by Gasteiger charge is -2.21. The van der Waals surface area contributed by atoms with E-state index in [1.165, 1.54) is 58.0 Å². The first-order chi connectivity index (χ1) is 18.6. The minimum Gasteiger partial charge on any atom is -0.465 e. The number of ether oxygens (including phenoxy) is 1. The maximum atomic E-state index is 13.0. The van der Waals surface area contributed by atoms with Crippen molar-refractivity contribution in [2.45, 2.75) is 51.9 Å². The summed E-state index contributed by atoms with van der Waals surface area (Å²) in [5.74, 6) is -0.955. The van der Waals surface area contributed by atoms with Gasteiger partial charge >= 0.3 is 12.2 Å². The van der Waals surface area contributed by atoms with Crippen LogP contribution in [0.4, 0.5) is 21.0 Å². The van der Waals surface area contributed by atoms with Crippen molar-refractivity contribution in [2.24, 2.45) is 0 Å². The number of carboxylic acid groups (broad SMARTS) is 1. The number of carbonyl (C=O) groups excluding carboxylic acids is 3. The molecule has 0 heterocycles. The fraction of sp³-hybridized carbons (Fsp3) is 0.267. The first-order valence-corrected chi connectivity index (χ1v) is 12.4. The van der Waals surface area contributed by atoms with E-state index in [1.54, 1.807) is 43.3 Å². The van der Waals surface area contributed by atoms with Gasteiger partial charge in [-0.2, -0.15) is 0 Å². The van der Waals surface area contributed by atoms with Crippen LogP contribution in [0.1, 0.15) is 71.2 Å². The van der Waals surface area contributed by atoms with Gasteiger partial charge in [-0.3, -0.25) is 20.2 Å². The highest BCUT2D eigenvalue weighted by atomic mass is 16.6. The average molecular weight is 549 g/mol. The maximum absolute atomic E-state index is 13.0. The van der Waals surface area contributed by atoms with E-state index >= 15 is 0 Å². The Kier molecular flexibility index (Phi) is 8.77. The van der Waals surface area contributed by atoms with E-state index in [1.807, 2.05) is 0 Å². The Bertz CT molecular complexity index is 1350. The average Bonchev–Trinajstić information content (AvgIpc) is 2.87. The topological polar surface area (TPSA) is 162 Å². The highest BCUT2D eigenvalue weighted by Gasteiger charge is 2.28. The summed E-state index contributed by atoms with van der Waals surface area (Å²) in [6.07, 6.45) is -3.07. The van der Waals surface area contributed by atoms with Crippen molar-refractivity contribution in [2.75, 3.05) is 10.6 Å². The monoisotopic (exact) mass is 548 g/mol. The number of carbonyl (C=O) groups is 4. The van der Waals surface area contributed by atoms with Crippen LogP contribution >= 0.6 is 0 Å². The Morgan fingerprint density at radius 3 is 1.57 bits per heavy atom. The Morgan fingerprint density at radius 2 is 1.18 bits per heavy atom. The van der Waals surface area contributed by atoms with Crippen molar-refractivity contribution in [3.63, 3.8) is 0 Å². The van der Waals surface area contributed by atoms with Crippen LogP contribution in [0.25, 0.3) is 0 Å². The number of hydrogen-bond donors (Lipinski definition) is 5. The van der Waals surface area contributed by atoms with E-state index in [0.717, 1.165) is 0 Å². The molecule has 0 aliphatic carbocycles. The molecule has 210 valence electrons. The number of Topliss-reactive ketones (excluding diaryl/α,β-unsaturated/α-hetero) is 2.